The summed E-state index contributed by atoms with van der Waals surface area (Å²) in [7, 11) is 0. The Bertz CT molecular complexity index is 93.3. The lowest BCUT2D eigenvalue weighted by molar-refractivity contribution is 0.269. The van der Waals surface area contributed by atoms with Gasteiger partial charge >= 0.3 is 0 Å². The first-order valence-corrected chi connectivity index (χ1v) is 4.98. The molecule has 0 bridgehead atoms. The molecule has 1 saturated heterocycles. The minimum absolute atomic E-state index is 0.818. The maximum atomic E-state index is 3.59. The van der Waals surface area contributed by atoms with Crippen molar-refractivity contribution in [2.75, 3.05) is 6.54 Å². The van der Waals surface area contributed by atoms with E-state index in [-0.39, 0.29) is 0 Å². The van der Waals surface area contributed by atoms with Gasteiger partial charge < -0.3 is 0 Å². The van der Waals surface area contributed by atoms with Gasteiger partial charge in [-0.3, -0.25) is 0 Å². The molecule has 1 aliphatic rings. The second-order valence-electron chi connectivity index (χ2n) is 3.06. The van der Waals surface area contributed by atoms with Crippen LogP contribution in [0.5, 0.6) is 0 Å². The van der Waals surface area contributed by atoms with Gasteiger partial charge in [-0.15, -0.1) is 0 Å². The summed E-state index contributed by atoms with van der Waals surface area (Å²) >= 11 is 3.59. The molecule has 0 spiro atoms. The maximum Gasteiger partial charge on any atom is 0.0205 e. The molecule has 60 valence electrons. The van der Waals surface area contributed by atoms with Crippen molar-refractivity contribution >= 4 is 16.1 Å². The Balaban J connectivity index is 2.25. The van der Waals surface area contributed by atoms with Crippen molar-refractivity contribution in [3.8, 4) is 0 Å². The highest BCUT2D eigenvalue weighted by atomic mass is 79.9. The summed E-state index contributed by atoms with van der Waals surface area (Å²) in [4.78, 5) is 0. The van der Waals surface area contributed by atoms with Gasteiger partial charge in [0.2, 0.25) is 0 Å². The molecular weight excluding hydrogens is 190 g/mol. The topological polar surface area (TPSA) is 3.24 Å². The van der Waals surface area contributed by atoms with Gasteiger partial charge in [-0.2, -0.15) is 0 Å². The van der Waals surface area contributed by atoms with E-state index in [9.17, 15) is 0 Å². The molecular formula is C8H16BrN. The number of rotatable bonds is 2. The first kappa shape index (κ1) is 8.54. The van der Waals surface area contributed by atoms with E-state index in [1.807, 2.05) is 0 Å². The summed E-state index contributed by atoms with van der Waals surface area (Å²) in [5.41, 5.74) is 0. The smallest absolute Gasteiger partial charge is 0.0205 e. The quantitative estimate of drug-likeness (QED) is 0.628. The minimum Gasteiger partial charge on any atom is -0.239 e. The van der Waals surface area contributed by atoms with Crippen LogP contribution in [0.2, 0.25) is 0 Å². The maximum absolute atomic E-state index is 3.59. The van der Waals surface area contributed by atoms with Crippen molar-refractivity contribution < 1.29 is 0 Å². The average Bonchev–Trinajstić information content (AvgIpc) is 1.94. The predicted octanol–water partition coefficient (Wildman–Crippen LogP) is 2.95. The summed E-state index contributed by atoms with van der Waals surface area (Å²) < 4.78 is 2.33. The minimum atomic E-state index is 0.818. The summed E-state index contributed by atoms with van der Waals surface area (Å²) in [6.45, 7) is 3.50. The highest BCUT2D eigenvalue weighted by Crippen LogP contribution is 2.23. The van der Waals surface area contributed by atoms with E-state index >= 15 is 0 Å². The average molecular weight is 206 g/mol. The van der Waals surface area contributed by atoms with Crippen molar-refractivity contribution in [2.24, 2.45) is 0 Å². The number of hydrogen-bond acceptors (Lipinski definition) is 1. The molecule has 0 N–H and O–H groups in total. The van der Waals surface area contributed by atoms with Crippen LogP contribution in [0.15, 0.2) is 0 Å². The molecule has 0 aromatic heterocycles. The predicted molar refractivity (Wildman–Crippen MR) is 48.2 cm³/mol. The van der Waals surface area contributed by atoms with Gasteiger partial charge in [0.15, 0.2) is 0 Å². The van der Waals surface area contributed by atoms with E-state index in [0.29, 0.717) is 0 Å². The van der Waals surface area contributed by atoms with Crippen LogP contribution in [-0.4, -0.2) is 16.5 Å². The second-order valence-corrected chi connectivity index (χ2v) is 3.97. The van der Waals surface area contributed by atoms with E-state index in [0.717, 1.165) is 6.04 Å². The number of nitrogens with zero attached hydrogens (tertiary/aromatic N) is 1. The fourth-order valence-corrected chi connectivity index (χ4v) is 2.24. The fourth-order valence-electron chi connectivity index (χ4n) is 1.58. The molecule has 1 heterocycles. The summed E-state index contributed by atoms with van der Waals surface area (Å²) in [6, 6.07) is 0.818. The van der Waals surface area contributed by atoms with E-state index in [4.69, 9.17) is 0 Å². The Morgan fingerprint density at radius 2 is 2.30 bits per heavy atom. The zero-order valence-corrected chi connectivity index (χ0v) is 8.23. The zero-order valence-electron chi connectivity index (χ0n) is 6.65. The van der Waals surface area contributed by atoms with Crippen LogP contribution in [0, 0.1) is 0 Å². The molecule has 0 radical (unpaired) electrons. The molecule has 0 aromatic carbocycles. The molecule has 1 nitrogen and oxygen atoms in total. The molecule has 0 aromatic rings. The molecule has 1 aliphatic heterocycles. The third-order valence-electron chi connectivity index (χ3n) is 2.18. The first-order chi connectivity index (χ1) is 4.84. The van der Waals surface area contributed by atoms with Crippen molar-refractivity contribution in [3.05, 3.63) is 0 Å². The molecule has 0 aliphatic carbocycles. The van der Waals surface area contributed by atoms with Crippen molar-refractivity contribution in [3.63, 3.8) is 0 Å². The molecule has 0 saturated carbocycles. The molecule has 10 heavy (non-hydrogen) atoms. The van der Waals surface area contributed by atoms with Crippen LogP contribution in [0.25, 0.3) is 0 Å². The lowest BCUT2D eigenvalue weighted by Gasteiger charge is -2.29. The van der Waals surface area contributed by atoms with Crippen molar-refractivity contribution in [2.45, 2.75) is 45.1 Å². The molecule has 1 fully saturated rings. The zero-order chi connectivity index (χ0) is 7.40. The lowest BCUT2D eigenvalue weighted by Crippen LogP contribution is -2.31. The van der Waals surface area contributed by atoms with Crippen LogP contribution in [0.1, 0.15) is 39.0 Å². The summed E-state index contributed by atoms with van der Waals surface area (Å²) in [6.07, 6.45) is 6.84. The standard InChI is InChI=1S/C8H16BrN/c1-2-5-8-6-3-4-7-10(8)9/h8H,2-7H2,1H3. The van der Waals surface area contributed by atoms with Crippen LogP contribution >= 0.6 is 16.1 Å². The normalized spacial score (nSPS) is 28.8. The SMILES string of the molecule is CCCC1CCCCN1Br. The number of hydrogen-bond donors (Lipinski definition) is 0. The second kappa shape index (κ2) is 4.35. The van der Waals surface area contributed by atoms with Crippen molar-refractivity contribution in [1.82, 2.24) is 3.93 Å². The monoisotopic (exact) mass is 205 g/mol. The van der Waals surface area contributed by atoms with Gasteiger partial charge in [-0.05, 0) is 19.3 Å². The Morgan fingerprint density at radius 1 is 1.50 bits per heavy atom. The Morgan fingerprint density at radius 3 is 2.90 bits per heavy atom. The molecule has 0 amide bonds. The van der Waals surface area contributed by atoms with E-state index in [2.05, 4.69) is 27.0 Å². The largest absolute Gasteiger partial charge is 0.239 e. The van der Waals surface area contributed by atoms with Gasteiger partial charge in [0.05, 0.1) is 0 Å². The Kier molecular flexibility index (Phi) is 3.71. The fraction of sp³-hybridized carbons (Fsp3) is 1.00. The highest BCUT2D eigenvalue weighted by molar-refractivity contribution is 9.07. The van der Waals surface area contributed by atoms with Crippen LogP contribution in [0.3, 0.4) is 0 Å². The number of piperidine rings is 1. The van der Waals surface area contributed by atoms with Gasteiger partial charge in [-0.25, -0.2) is 3.93 Å². The van der Waals surface area contributed by atoms with Gasteiger partial charge in [0, 0.05) is 28.7 Å². The van der Waals surface area contributed by atoms with Gasteiger partial charge in [0.1, 0.15) is 0 Å². The van der Waals surface area contributed by atoms with Gasteiger partial charge in [0.25, 0.3) is 0 Å². The van der Waals surface area contributed by atoms with Crippen LogP contribution in [0.4, 0.5) is 0 Å². The molecule has 1 rings (SSSR count). The molecule has 1 unspecified atom stereocenters. The summed E-state index contributed by atoms with van der Waals surface area (Å²) in [5, 5.41) is 0. The van der Waals surface area contributed by atoms with E-state index in [1.165, 1.54) is 38.6 Å². The van der Waals surface area contributed by atoms with E-state index in [1.54, 1.807) is 0 Å². The number of halogens is 1. The van der Waals surface area contributed by atoms with Crippen molar-refractivity contribution in [1.29, 1.82) is 0 Å². The highest BCUT2D eigenvalue weighted by Gasteiger charge is 2.18. The summed E-state index contributed by atoms with van der Waals surface area (Å²) in [5.74, 6) is 0. The first-order valence-electron chi connectivity index (χ1n) is 4.27. The van der Waals surface area contributed by atoms with Gasteiger partial charge in [-0.1, -0.05) is 19.8 Å². The Hall–Kier alpha value is 0.440. The van der Waals surface area contributed by atoms with Crippen LogP contribution < -0.4 is 0 Å². The van der Waals surface area contributed by atoms with E-state index < -0.39 is 0 Å². The third kappa shape index (κ3) is 2.24. The Labute approximate surface area is 72.1 Å². The lowest BCUT2D eigenvalue weighted by atomic mass is 10.0. The third-order valence-corrected chi connectivity index (χ3v) is 3.11. The van der Waals surface area contributed by atoms with Crippen LogP contribution in [-0.2, 0) is 0 Å². The molecule has 1 atom stereocenters. The molecule has 2 heteroatoms.